The SMILES string of the molecule is C[C@]12CCC(=O)C=C1CC(S)[C@@H]1[C@@H]2CC[C@@]2(C)[C@H]1CC[C@@]21CCC(=O)O1. The minimum Gasteiger partial charge on any atom is -0.458 e. The molecule has 0 bridgehead atoms. The molecule has 5 aliphatic rings. The van der Waals surface area contributed by atoms with Crippen molar-refractivity contribution in [2.75, 3.05) is 0 Å². The molecule has 1 unspecified atom stereocenters. The van der Waals surface area contributed by atoms with E-state index in [4.69, 9.17) is 17.4 Å². The first-order chi connectivity index (χ1) is 12.3. The smallest absolute Gasteiger partial charge is 0.306 e. The highest BCUT2D eigenvalue weighted by Gasteiger charge is 2.68. The zero-order chi connectivity index (χ0) is 18.3. The van der Waals surface area contributed by atoms with Crippen LogP contribution in [-0.4, -0.2) is 22.6 Å². The van der Waals surface area contributed by atoms with E-state index in [0.29, 0.717) is 41.6 Å². The van der Waals surface area contributed by atoms with Crippen LogP contribution in [0.2, 0.25) is 0 Å². The molecule has 1 heterocycles. The Balaban J connectivity index is 1.53. The molecule has 0 N–H and O–H groups in total. The molecule has 1 saturated heterocycles. The van der Waals surface area contributed by atoms with Gasteiger partial charge in [-0.15, -0.1) is 0 Å². The van der Waals surface area contributed by atoms with Gasteiger partial charge in [0.25, 0.3) is 0 Å². The third kappa shape index (κ3) is 2.03. The molecule has 1 spiro atoms. The van der Waals surface area contributed by atoms with Gasteiger partial charge in [-0.25, -0.2) is 0 Å². The van der Waals surface area contributed by atoms with Gasteiger partial charge in [-0.2, -0.15) is 12.6 Å². The molecule has 0 radical (unpaired) electrons. The van der Waals surface area contributed by atoms with Gasteiger partial charge in [0.05, 0.1) is 0 Å². The lowest BCUT2D eigenvalue weighted by atomic mass is 9.46. The average Bonchev–Trinajstić information content (AvgIpc) is 3.11. The molecular formula is C22H30O3S. The fourth-order valence-electron chi connectivity index (χ4n) is 7.82. The predicted molar refractivity (Wildman–Crippen MR) is 103 cm³/mol. The van der Waals surface area contributed by atoms with Crippen molar-refractivity contribution < 1.29 is 14.3 Å². The number of allylic oxidation sites excluding steroid dienone is 1. The average molecular weight is 375 g/mol. The number of fused-ring (bicyclic) bond motifs is 6. The summed E-state index contributed by atoms with van der Waals surface area (Å²) in [7, 11) is 0. The number of ketones is 1. The van der Waals surface area contributed by atoms with Crippen LogP contribution in [0.1, 0.15) is 71.6 Å². The van der Waals surface area contributed by atoms with E-state index in [-0.39, 0.29) is 22.4 Å². The van der Waals surface area contributed by atoms with E-state index in [9.17, 15) is 9.59 Å². The highest BCUT2D eigenvalue weighted by atomic mass is 32.1. The summed E-state index contributed by atoms with van der Waals surface area (Å²) in [5, 5.41) is 0.321. The van der Waals surface area contributed by atoms with Gasteiger partial charge in [0.15, 0.2) is 5.78 Å². The summed E-state index contributed by atoms with van der Waals surface area (Å²) >= 11 is 5.07. The van der Waals surface area contributed by atoms with E-state index < -0.39 is 0 Å². The van der Waals surface area contributed by atoms with Crippen molar-refractivity contribution in [3.63, 3.8) is 0 Å². The molecule has 4 aliphatic carbocycles. The standard InChI is InChI=1S/C22H30O3S/c1-20-7-3-14(23)11-13(20)12-17(26)19-15(20)4-8-21(2)16(19)5-9-22(21)10-6-18(24)25-22/h11,15-17,19,26H,3-10,12H2,1-2H3/t15-,16-,17?,19+,20-,21-,22+/m0/s1. The molecule has 4 fully saturated rings. The lowest BCUT2D eigenvalue weighted by Crippen LogP contribution is -2.57. The van der Waals surface area contributed by atoms with Crippen molar-refractivity contribution in [2.45, 2.75) is 82.5 Å². The summed E-state index contributed by atoms with van der Waals surface area (Å²) in [5.74, 6) is 2.08. The number of thiol groups is 1. The highest BCUT2D eigenvalue weighted by Crippen LogP contribution is 2.70. The zero-order valence-corrected chi connectivity index (χ0v) is 16.8. The Hall–Kier alpha value is -0.770. The largest absolute Gasteiger partial charge is 0.458 e. The van der Waals surface area contributed by atoms with Crippen LogP contribution in [0.4, 0.5) is 0 Å². The molecule has 142 valence electrons. The maximum atomic E-state index is 12.0. The van der Waals surface area contributed by atoms with Crippen LogP contribution < -0.4 is 0 Å². The summed E-state index contributed by atoms with van der Waals surface area (Å²) in [6.07, 6.45) is 10.6. The molecular weight excluding hydrogens is 344 g/mol. The van der Waals surface area contributed by atoms with Crippen molar-refractivity contribution in [1.82, 2.24) is 0 Å². The Labute approximate surface area is 161 Å². The molecule has 0 amide bonds. The summed E-state index contributed by atoms with van der Waals surface area (Å²) in [6, 6.07) is 0. The number of carbonyl (C=O) groups is 2. The van der Waals surface area contributed by atoms with Gasteiger partial charge in [-0.3, -0.25) is 9.59 Å². The molecule has 7 atom stereocenters. The summed E-state index contributed by atoms with van der Waals surface area (Å²) < 4.78 is 6.02. The highest BCUT2D eigenvalue weighted by molar-refractivity contribution is 7.81. The topological polar surface area (TPSA) is 43.4 Å². The van der Waals surface area contributed by atoms with Crippen LogP contribution in [0, 0.1) is 28.6 Å². The van der Waals surface area contributed by atoms with Crippen molar-refractivity contribution in [3.05, 3.63) is 11.6 Å². The quantitative estimate of drug-likeness (QED) is 0.501. The van der Waals surface area contributed by atoms with Crippen LogP contribution in [0.25, 0.3) is 0 Å². The second-order valence-corrected chi connectivity index (χ2v) is 10.7. The number of carbonyl (C=O) groups excluding carboxylic acids is 2. The number of ether oxygens (including phenoxy) is 1. The van der Waals surface area contributed by atoms with Crippen molar-refractivity contribution in [1.29, 1.82) is 0 Å². The summed E-state index contributed by atoms with van der Waals surface area (Å²) in [6.45, 7) is 4.81. The van der Waals surface area contributed by atoms with Crippen LogP contribution in [0.15, 0.2) is 11.6 Å². The maximum absolute atomic E-state index is 12.0. The molecule has 0 aromatic rings. The first-order valence-corrected chi connectivity index (χ1v) is 10.9. The van der Waals surface area contributed by atoms with Gasteiger partial charge in [0.2, 0.25) is 0 Å². The van der Waals surface area contributed by atoms with Gasteiger partial charge in [0, 0.05) is 23.5 Å². The van der Waals surface area contributed by atoms with E-state index >= 15 is 0 Å². The van der Waals surface area contributed by atoms with E-state index in [2.05, 4.69) is 13.8 Å². The minimum absolute atomic E-state index is 0.00282. The maximum Gasteiger partial charge on any atom is 0.306 e. The van der Waals surface area contributed by atoms with Gasteiger partial charge in [-0.05, 0) is 74.2 Å². The van der Waals surface area contributed by atoms with Gasteiger partial charge < -0.3 is 4.74 Å². The second kappa shape index (κ2) is 5.40. The normalized spacial score (nSPS) is 53.0. The molecule has 26 heavy (non-hydrogen) atoms. The lowest BCUT2D eigenvalue weighted by Gasteiger charge is -2.60. The molecule has 4 heteroatoms. The number of hydrogen-bond donors (Lipinski definition) is 1. The Morgan fingerprint density at radius 1 is 1.04 bits per heavy atom. The van der Waals surface area contributed by atoms with Crippen molar-refractivity contribution in [2.24, 2.45) is 28.6 Å². The van der Waals surface area contributed by atoms with E-state index in [0.717, 1.165) is 38.5 Å². The molecule has 1 aliphatic heterocycles. The summed E-state index contributed by atoms with van der Waals surface area (Å²) in [4.78, 5) is 24.0. The number of esters is 1. The first kappa shape index (κ1) is 17.3. The van der Waals surface area contributed by atoms with Crippen LogP contribution >= 0.6 is 12.6 Å². The molecule has 5 rings (SSSR count). The monoisotopic (exact) mass is 374 g/mol. The van der Waals surface area contributed by atoms with Crippen molar-refractivity contribution in [3.8, 4) is 0 Å². The van der Waals surface area contributed by atoms with Crippen LogP contribution in [0.3, 0.4) is 0 Å². The molecule has 0 aromatic carbocycles. The Morgan fingerprint density at radius 2 is 1.81 bits per heavy atom. The molecule has 0 aromatic heterocycles. The minimum atomic E-state index is -0.216. The molecule has 3 nitrogen and oxygen atoms in total. The van der Waals surface area contributed by atoms with Crippen molar-refractivity contribution >= 4 is 24.4 Å². The Kier molecular flexibility index (Phi) is 3.60. The van der Waals surface area contributed by atoms with Gasteiger partial charge in [-0.1, -0.05) is 19.4 Å². The van der Waals surface area contributed by atoms with Crippen LogP contribution in [0.5, 0.6) is 0 Å². The Bertz CT molecular complexity index is 714. The first-order valence-electron chi connectivity index (χ1n) is 10.4. The fraction of sp³-hybridized carbons (Fsp3) is 0.818. The van der Waals surface area contributed by atoms with Gasteiger partial charge >= 0.3 is 5.97 Å². The number of hydrogen-bond acceptors (Lipinski definition) is 4. The fourth-order valence-corrected chi connectivity index (χ4v) is 8.44. The third-order valence-corrected chi connectivity index (χ3v) is 9.84. The zero-order valence-electron chi connectivity index (χ0n) is 15.9. The third-order valence-electron chi connectivity index (χ3n) is 9.32. The van der Waals surface area contributed by atoms with E-state index in [1.165, 1.54) is 12.0 Å². The number of rotatable bonds is 0. The summed E-state index contributed by atoms with van der Waals surface area (Å²) in [5.41, 5.74) is 1.41. The molecule has 3 saturated carbocycles. The van der Waals surface area contributed by atoms with E-state index in [1.54, 1.807) is 0 Å². The second-order valence-electron chi connectivity index (χ2n) is 10.1. The predicted octanol–water partition coefficient (Wildman–Crippen LogP) is 4.50. The van der Waals surface area contributed by atoms with E-state index in [1.807, 2.05) is 6.08 Å². The lowest BCUT2D eigenvalue weighted by molar-refractivity contribution is -0.167. The van der Waals surface area contributed by atoms with Gasteiger partial charge in [0.1, 0.15) is 5.60 Å². The Morgan fingerprint density at radius 3 is 2.54 bits per heavy atom. The van der Waals surface area contributed by atoms with Crippen LogP contribution in [-0.2, 0) is 14.3 Å².